The molecular formula is C22H28N4O4. The number of nitrogens with zero attached hydrogens (tertiary/aromatic N) is 3. The number of anilines is 1. The first-order valence-electron chi connectivity index (χ1n) is 10.5. The Morgan fingerprint density at radius 3 is 2.50 bits per heavy atom. The highest BCUT2D eigenvalue weighted by Crippen LogP contribution is 2.30. The van der Waals surface area contributed by atoms with Gasteiger partial charge >= 0.3 is 6.03 Å². The highest BCUT2D eigenvalue weighted by molar-refractivity contribution is 5.93. The first-order valence-corrected chi connectivity index (χ1v) is 10.5. The Bertz CT molecular complexity index is 912. The van der Waals surface area contributed by atoms with E-state index in [0.29, 0.717) is 41.9 Å². The molecule has 2 aromatic rings. The van der Waals surface area contributed by atoms with E-state index >= 15 is 0 Å². The monoisotopic (exact) mass is 412 g/mol. The minimum Gasteiger partial charge on any atom is -0.495 e. The molecule has 2 saturated heterocycles. The Kier molecular flexibility index (Phi) is 5.92. The zero-order valence-corrected chi connectivity index (χ0v) is 17.5. The average molecular weight is 412 g/mol. The van der Waals surface area contributed by atoms with E-state index in [2.05, 4.69) is 10.3 Å². The number of carbonyl (C=O) groups excluding carboxylic acids is 2. The second-order valence-electron chi connectivity index (χ2n) is 7.85. The summed E-state index contributed by atoms with van der Waals surface area (Å²) in [5.41, 5.74) is 1.09. The number of urea groups is 1. The van der Waals surface area contributed by atoms with Crippen LogP contribution in [0.5, 0.6) is 5.75 Å². The fourth-order valence-corrected chi connectivity index (χ4v) is 4.13. The smallest absolute Gasteiger partial charge is 0.321 e. The maximum atomic E-state index is 12.7. The lowest BCUT2D eigenvalue weighted by atomic mass is 9.97. The van der Waals surface area contributed by atoms with Gasteiger partial charge in [-0.1, -0.05) is 12.1 Å². The molecule has 0 saturated carbocycles. The van der Waals surface area contributed by atoms with E-state index < -0.39 is 0 Å². The van der Waals surface area contributed by atoms with Crippen molar-refractivity contribution in [1.82, 2.24) is 14.8 Å². The number of aryl methyl sites for hydroxylation is 1. The summed E-state index contributed by atoms with van der Waals surface area (Å²) in [4.78, 5) is 33.5. The average Bonchev–Trinajstić information content (AvgIpc) is 3.44. The number of amides is 3. The lowest BCUT2D eigenvalue weighted by Crippen LogP contribution is -2.40. The van der Waals surface area contributed by atoms with Crippen LogP contribution in [-0.2, 0) is 0 Å². The van der Waals surface area contributed by atoms with Crippen LogP contribution >= 0.6 is 0 Å². The van der Waals surface area contributed by atoms with Gasteiger partial charge in [0.1, 0.15) is 11.5 Å². The van der Waals surface area contributed by atoms with Crippen LogP contribution in [0.1, 0.15) is 53.7 Å². The van der Waals surface area contributed by atoms with Gasteiger partial charge in [-0.2, -0.15) is 0 Å². The van der Waals surface area contributed by atoms with Gasteiger partial charge in [0.05, 0.1) is 12.8 Å². The summed E-state index contributed by atoms with van der Waals surface area (Å²) >= 11 is 0. The molecule has 0 bridgehead atoms. The lowest BCUT2D eigenvalue weighted by Gasteiger charge is -2.30. The van der Waals surface area contributed by atoms with Gasteiger partial charge in [-0.3, -0.25) is 4.79 Å². The molecular weight excluding hydrogens is 384 g/mol. The normalized spacial score (nSPS) is 17.3. The van der Waals surface area contributed by atoms with Crippen LogP contribution in [0.25, 0.3) is 0 Å². The fraction of sp³-hybridized carbons (Fsp3) is 0.500. The topological polar surface area (TPSA) is 87.9 Å². The molecule has 0 radical (unpaired) electrons. The van der Waals surface area contributed by atoms with E-state index in [-0.39, 0.29) is 17.9 Å². The highest BCUT2D eigenvalue weighted by atomic mass is 16.5. The van der Waals surface area contributed by atoms with Crippen molar-refractivity contribution in [2.24, 2.45) is 0 Å². The fourth-order valence-electron chi connectivity index (χ4n) is 4.13. The van der Waals surface area contributed by atoms with Crippen LogP contribution in [0, 0.1) is 6.92 Å². The van der Waals surface area contributed by atoms with Crippen LogP contribution in [-0.4, -0.2) is 60.0 Å². The maximum absolute atomic E-state index is 12.7. The number of para-hydroxylation sites is 2. The molecule has 1 N–H and O–H groups in total. The van der Waals surface area contributed by atoms with Crippen molar-refractivity contribution in [3.05, 3.63) is 41.6 Å². The first kappa shape index (κ1) is 20.3. The molecule has 4 rings (SSSR count). The number of benzene rings is 1. The number of nitrogens with one attached hydrogen (secondary N) is 1. The molecule has 2 fully saturated rings. The van der Waals surface area contributed by atoms with E-state index in [1.54, 1.807) is 18.9 Å². The first-order chi connectivity index (χ1) is 14.6. The second-order valence-corrected chi connectivity index (χ2v) is 7.85. The van der Waals surface area contributed by atoms with Gasteiger partial charge < -0.3 is 24.3 Å². The van der Waals surface area contributed by atoms with Gasteiger partial charge in [0.25, 0.3) is 5.91 Å². The lowest BCUT2D eigenvalue weighted by molar-refractivity contribution is 0.0786. The number of hydrogen-bond acceptors (Lipinski definition) is 5. The van der Waals surface area contributed by atoms with Crippen LogP contribution in [0.4, 0.5) is 10.5 Å². The molecule has 1 aromatic heterocycles. The summed E-state index contributed by atoms with van der Waals surface area (Å²) in [5.74, 6) is 1.90. The van der Waals surface area contributed by atoms with E-state index in [1.165, 1.54) is 0 Å². The molecule has 2 aliphatic heterocycles. The van der Waals surface area contributed by atoms with Gasteiger partial charge in [0.15, 0.2) is 11.6 Å². The maximum Gasteiger partial charge on any atom is 0.321 e. The van der Waals surface area contributed by atoms with Gasteiger partial charge in [-0.25, -0.2) is 9.78 Å². The summed E-state index contributed by atoms with van der Waals surface area (Å²) in [6, 6.07) is 7.20. The van der Waals surface area contributed by atoms with Crippen LogP contribution in [0.15, 0.2) is 28.7 Å². The number of carbonyl (C=O) groups is 2. The summed E-state index contributed by atoms with van der Waals surface area (Å²) in [6.45, 7) is 4.58. The molecule has 0 atom stereocenters. The van der Waals surface area contributed by atoms with Crippen LogP contribution in [0.3, 0.4) is 0 Å². The highest BCUT2D eigenvalue weighted by Gasteiger charge is 2.30. The Morgan fingerprint density at radius 2 is 1.80 bits per heavy atom. The zero-order chi connectivity index (χ0) is 21.1. The quantitative estimate of drug-likeness (QED) is 0.828. The molecule has 3 amide bonds. The Balaban J connectivity index is 1.36. The predicted molar refractivity (Wildman–Crippen MR) is 112 cm³/mol. The van der Waals surface area contributed by atoms with E-state index in [4.69, 9.17) is 9.15 Å². The number of likely N-dealkylation sites (tertiary alicyclic amines) is 2. The summed E-state index contributed by atoms with van der Waals surface area (Å²) < 4.78 is 11.2. The third kappa shape index (κ3) is 4.13. The van der Waals surface area contributed by atoms with Crippen molar-refractivity contribution in [1.29, 1.82) is 0 Å². The molecule has 8 heteroatoms. The molecule has 30 heavy (non-hydrogen) atoms. The number of hydrogen-bond donors (Lipinski definition) is 1. The Morgan fingerprint density at radius 1 is 1.10 bits per heavy atom. The number of methoxy groups -OCH3 is 1. The second kappa shape index (κ2) is 8.77. The van der Waals surface area contributed by atoms with E-state index in [1.807, 2.05) is 29.2 Å². The molecule has 1 aromatic carbocycles. The van der Waals surface area contributed by atoms with Crippen molar-refractivity contribution in [3.8, 4) is 5.75 Å². The minimum atomic E-state index is -0.147. The summed E-state index contributed by atoms with van der Waals surface area (Å²) in [7, 11) is 1.58. The summed E-state index contributed by atoms with van der Waals surface area (Å²) in [5, 5.41) is 2.92. The molecule has 0 spiro atoms. The van der Waals surface area contributed by atoms with Gasteiger partial charge in [-0.15, -0.1) is 0 Å². The zero-order valence-electron chi connectivity index (χ0n) is 17.5. The van der Waals surface area contributed by atoms with Crippen LogP contribution < -0.4 is 10.1 Å². The van der Waals surface area contributed by atoms with Crippen molar-refractivity contribution < 1.29 is 18.7 Å². The van der Waals surface area contributed by atoms with E-state index in [9.17, 15) is 9.59 Å². The van der Waals surface area contributed by atoms with Gasteiger partial charge in [-0.05, 0) is 44.7 Å². The molecule has 0 unspecified atom stereocenters. The van der Waals surface area contributed by atoms with Crippen molar-refractivity contribution in [3.63, 3.8) is 0 Å². The molecule has 160 valence electrons. The van der Waals surface area contributed by atoms with Crippen molar-refractivity contribution in [2.75, 3.05) is 38.6 Å². The number of aromatic nitrogens is 1. The Hall–Kier alpha value is -3.03. The number of ether oxygens (including phenoxy) is 1. The molecule has 8 nitrogen and oxygen atoms in total. The van der Waals surface area contributed by atoms with Crippen molar-refractivity contribution >= 4 is 17.6 Å². The van der Waals surface area contributed by atoms with Crippen molar-refractivity contribution in [2.45, 2.75) is 38.5 Å². The number of oxazole rings is 1. The van der Waals surface area contributed by atoms with E-state index in [0.717, 1.165) is 38.8 Å². The third-order valence-corrected chi connectivity index (χ3v) is 5.89. The van der Waals surface area contributed by atoms with Gasteiger partial charge in [0.2, 0.25) is 0 Å². The Labute approximate surface area is 176 Å². The number of rotatable bonds is 4. The SMILES string of the molecule is COc1ccccc1NC(=O)N1CCC(c2nc(C(=O)N3CCCC3)c(C)o2)CC1. The van der Waals surface area contributed by atoms with Gasteiger partial charge in [0, 0.05) is 32.1 Å². The minimum absolute atomic E-state index is 0.0337. The van der Waals surface area contributed by atoms with Crippen LogP contribution in [0.2, 0.25) is 0 Å². The number of piperidine rings is 1. The predicted octanol–water partition coefficient (Wildman–Crippen LogP) is 3.64. The third-order valence-electron chi connectivity index (χ3n) is 5.89. The summed E-state index contributed by atoms with van der Waals surface area (Å²) in [6.07, 6.45) is 3.59. The molecule has 3 heterocycles. The molecule has 0 aliphatic carbocycles. The molecule has 2 aliphatic rings. The standard InChI is InChI=1S/C22H28N4O4/c1-15-19(21(27)25-11-5-6-12-25)24-20(30-15)16-9-13-26(14-10-16)22(28)23-17-7-3-4-8-18(17)29-2/h3-4,7-8,16H,5-6,9-14H2,1-2H3,(H,23,28). The largest absolute Gasteiger partial charge is 0.495 e.